The van der Waals surface area contributed by atoms with Crippen LogP contribution in [-0.4, -0.2) is 16.5 Å². The fraction of sp³-hybridized carbons (Fsp3) is 0.750. The molecular formula is C16H28IN3. The van der Waals surface area contributed by atoms with E-state index in [1.807, 2.05) is 0 Å². The lowest BCUT2D eigenvalue weighted by Gasteiger charge is -2.19. The summed E-state index contributed by atoms with van der Waals surface area (Å²) in [6.07, 6.45) is 3.03. The molecule has 4 heteroatoms. The SMILES string of the molecule is CCCNc1nc(CC(C)(C)C)nc(CC(C)C)c1I. The van der Waals surface area contributed by atoms with Gasteiger partial charge in [-0.25, -0.2) is 9.97 Å². The van der Waals surface area contributed by atoms with E-state index in [-0.39, 0.29) is 5.41 Å². The maximum Gasteiger partial charge on any atom is 0.143 e. The molecule has 0 aliphatic heterocycles. The molecule has 0 aliphatic carbocycles. The molecule has 1 heterocycles. The van der Waals surface area contributed by atoms with Gasteiger partial charge in [-0.1, -0.05) is 41.5 Å². The number of anilines is 1. The summed E-state index contributed by atoms with van der Waals surface area (Å²) in [5.74, 6) is 2.59. The highest BCUT2D eigenvalue weighted by atomic mass is 127. The van der Waals surface area contributed by atoms with E-state index in [0.29, 0.717) is 5.92 Å². The summed E-state index contributed by atoms with van der Waals surface area (Å²) in [7, 11) is 0. The molecule has 0 aliphatic rings. The minimum absolute atomic E-state index is 0.212. The highest BCUT2D eigenvalue weighted by Crippen LogP contribution is 2.25. The van der Waals surface area contributed by atoms with Crippen LogP contribution in [0.2, 0.25) is 0 Å². The lowest BCUT2D eigenvalue weighted by atomic mass is 9.92. The van der Waals surface area contributed by atoms with E-state index in [1.54, 1.807) is 0 Å². The first kappa shape index (κ1) is 17.7. The number of aromatic nitrogens is 2. The average molecular weight is 389 g/mol. The third-order valence-electron chi connectivity index (χ3n) is 2.80. The van der Waals surface area contributed by atoms with Crippen molar-refractivity contribution in [3.05, 3.63) is 15.1 Å². The number of rotatable bonds is 6. The van der Waals surface area contributed by atoms with Gasteiger partial charge in [-0.15, -0.1) is 0 Å². The third kappa shape index (κ3) is 5.94. The Morgan fingerprint density at radius 3 is 2.35 bits per heavy atom. The minimum Gasteiger partial charge on any atom is -0.369 e. The van der Waals surface area contributed by atoms with Gasteiger partial charge in [-0.05, 0) is 46.8 Å². The molecule has 1 rings (SSSR count). The highest BCUT2D eigenvalue weighted by molar-refractivity contribution is 14.1. The van der Waals surface area contributed by atoms with Crippen molar-refractivity contribution in [2.75, 3.05) is 11.9 Å². The molecule has 0 spiro atoms. The van der Waals surface area contributed by atoms with Gasteiger partial charge in [0, 0.05) is 13.0 Å². The van der Waals surface area contributed by atoms with Crippen molar-refractivity contribution in [1.29, 1.82) is 0 Å². The lowest BCUT2D eigenvalue weighted by molar-refractivity contribution is 0.399. The van der Waals surface area contributed by atoms with Gasteiger partial charge < -0.3 is 5.32 Å². The predicted molar refractivity (Wildman–Crippen MR) is 95.2 cm³/mol. The van der Waals surface area contributed by atoms with Crippen molar-refractivity contribution >= 4 is 28.4 Å². The first-order valence-corrected chi connectivity index (χ1v) is 8.60. The van der Waals surface area contributed by atoms with Gasteiger partial charge in [-0.2, -0.15) is 0 Å². The second-order valence-electron chi connectivity index (χ2n) is 7.01. The molecule has 1 aromatic heterocycles. The molecule has 20 heavy (non-hydrogen) atoms. The number of nitrogens with one attached hydrogen (secondary N) is 1. The molecule has 3 nitrogen and oxygen atoms in total. The molecule has 0 fully saturated rings. The van der Waals surface area contributed by atoms with Crippen LogP contribution in [0.5, 0.6) is 0 Å². The lowest BCUT2D eigenvalue weighted by Crippen LogP contribution is -2.17. The Morgan fingerprint density at radius 2 is 1.85 bits per heavy atom. The van der Waals surface area contributed by atoms with Crippen molar-refractivity contribution in [2.45, 2.75) is 60.8 Å². The molecule has 0 saturated heterocycles. The molecule has 1 N–H and O–H groups in total. The molecule has 0 radical (unpaired) electrons. The van der Waals surface area contributed by atoms with Crippen LogP contribution >= 0.6 is 22.6 Å². The second-order valence-corrected chi connectivity index (χ2v) is 8.09. The van der Waals surface area contributed by atoms with E-state index in [2.05, 4.69) is 69.5 Å². The van der Waals surface area contributed by atoms with E-state index >= 15 is 0 Å². The Labute approximate surface area is 137 Å². The van der Waals surface area contributed by atoms with Gasteiger partial charge in [0.15, 0.2) is 0 Å². The number of halogens is 1. The summed E-state index contributed by atoms with van der Waals surface area (Å²) >= 11 is 2.38. The monoisotopic (exact) mass is 389 g/mol. The molecule has 0 amide bonds. The predicted octanol–water partition coefficient (Wildman–Crippen LogP) is 4.69. The average Bonchev–Trinajstić information content (AvgIpc) is 2.28. The smallest absolute Gasteiger partial charge is 0.143 e. The van der Waals surface area contributed by atoms with Crippen LogP contribution in [0, 0.1) is 14.9 Å². The summed E-state index contributed by atoms with van der Waals surface area (Å²) in [5, 5.41) is 3.44. The van der Waals surface area contributed by atoms with E-state index in [0.717, 1.165) is 37.4 Å². The van der Waals surface area contributed by atoms with Crippen LogP contribution in [0.1, 0.15) is 59.5 Å². The molecule has 1 aromatic rings. The molecule has 114 valence electrons. The van der Waals surface area contributed by atoms with Crippen LogP contribution in [0.4, 0.5) is 5.82 Å². The van der Waals surface area contributed by atoms with Gasteiger partial charge in [0.1, 0.15) is 11.6 Å². The Balaban J connectivity index is 3.11. The number of nitrogens with zero attached hydrogens (tertiary/aromatic N) is 2. The highest BCUT2D eigenvalue weighted by Gasteiger charge is 2.18. The Hall–Kier alpha value is -0.390. The normalized spacial score (nSPS) is 12.0. The Morgan fingerprint density at radius 1 is 1.20 bits per heavy atom. The second kappa shape index (κ2) is 7.57. The fourth-order valence-electron chi connectivity index (χ4n) is 1.98. The Bertz CT molecular complexity index is 436. The first-order chi connectivity index (χ1) is 9.23. The molecule has 0 atom stereocenters. The maximum atomic E-state index is 4.81. The summed E-state index contributed by atoms with van der Waals surface area (Å²) in [5.41, 5.74) is 1.40. The first-order valence-electron chi connectivity index (χ1n) is 7.52. The van der Waals surface area contributed by atoms with Gasteiger partial charge in [0.25, 0.3) is 0 Å². The minimum atomic E-state index is 0.212. The zero-order valence-corrected chi connectivity index (χ0v) is 15.8. The topological polar surface area (TPSA) is 37.8 Å². The summed E-state index contributed by atoms with van der Waals surface area (Å²) < 4.78 is 1.18. The van der Waals surface area contributed by atoms with Crippen molar-refractivity contribution < 1.29 is 0 Å². The van der Waals surface area contributed by atoms with Crippen molar-refractivity contribution in [3.8, 4) is 0 Å². The molecule has 0 saturated carbocycles. The van der Waals surface area contributed by atoms with Crippen LogP contribution in [0.3, 0.4) is 0 Å². The van der Waals surface area contributed by atoms with Gasteiger partial charge in [0.2, 0.25) is 0 Å². The van der Waals surface area contributed by atoms with Crippen LogP contribution < -0.4 is 5.32 Å². The standard InChI is InChI=1S/C16H28IN3/c1-7-8-18-15-14(17)12(9-11(2)3)19-13(20-15)10-16(4,5)6/h11H,7-10H2,1-6H3,(H,18,19,20). The molecule has 0 unspecified atom stereocenters. The van der Waals surface area contributed by atoms with Crippen molar-refractivity contribution in [1.82, 2.24) is 9.97 Å². The zero-order chi connectivity index (χ0) is 15.3. The van der Waals surface area contributed by atoms with E-state index < -0.39 is 0 Å². The van der Waals surface area contributed by atoms with Crippen LogP contribution in [0.15, 0.2) is 0 Å². The largest absolute Gasteiger partial charge is 0.369 e. The van der Waals surface area contributed by atoms with Crippen molar-refractivity contribution in [3.63, 3.8) is 0 Å². The van der Waals surface area contributed by atoms with Crippen LogP contribution in [-0.2, 0) is 12.8 Å². The zero-order valence-electron chi connectivity index (χ0n) is 13.7. The van der Waals surface area contributed by atoms with Gasteiger partial charge in [0.05, 0.1) is 9.26 Å². The van der Waals surface area contributed by atoms with Gasteiger partial charge in [-0.3, -0.25) is 0 Å². The fourth-order valence-corrected chi connectivity index (χ4v) is 2.63. The quantitative estimate of drug-likeness (QED) is 0.718. The maximum absolute atomic E-state index is 4.81. The third-order valence-corrected chi connectivity index (χ3v) is 3.93. The van der Waals surface area contributed by atoms with Crippen molar-refractivity contribution in [2.24, 2.45) is 11.3 Å². The van der Waals surface area contributed by atoms with E-state index in [4.69, 9.17) is 9.97 Å². The van der Waals surface area contributed by atoms with E-state index in [1.165, 1.54) is 9.26 Å². The summed E-state index contributed by atoms with van der Waals surface area (Å²) in [6.45, 7) is 14.3. The van der Waals surface area contributed by atoms with E-state index in [9.17, 15) is 0 Å². The van der Waals surface area contributed by atoms with Gasteiger partial charge >= 0.3 is 0 Å². The number of hydrogen-bond acceptors (Lipinski definition) is 3. The molecular weight excluding hydrogens is 361 g/mol. The summed E-state index contributed by atoms with van der Waals surface area (Å²) in [4.78, 5) is 9.54. The summed E-state index contributed by atoms with van der Waals surface area (Å²) in [6, 6.07) is 0. The molecule has 0 aromatic carbocycles. The van der Waals surface area contributed by atoms with Crippen LogP contribution in [0.25, 0.3) is 0 Å². The molecule has 0 bridgehead atoms. The Kier molecular flexibility index (Phi) is 6.69. The number of hydrogen-bond donors (Lipinski definition) is 1.